The predicted octanol–water partition coefficient (Wildman–Crippen LogP) is 5.18. The summed E-state index contributed by atoms with van der Waals surface area (Å²) in [5.74, 6) is 0.364. The van der Waals surface area contributed by atoms with Crippen molar-refractivity contribution in [2.24, 2.45) is 0 Å². The van der Waals surface area contributed by atoms with Crippen LogP contribution in [0.5, 0.6) is 11.5 Å². The standard InChI is InChI=1S/C20H28O4/c1-3-5-6-7-8-17(21)15-18(22)11-9-16-10-12-19(23)20(14-16)24-13-4-2/h9-12,14-15,22-23H,3-8,13H2,1-2H3. The molecule has 0 saturated carbocycles. The van der Waals surface area contributed by atoms with Gasteiger partial charge in [0, 0.05) is 12.5 Å². The Hall–Kier alpha value is -2.23. The van der Waals surface area contributed by atoms with Crippen LogP contribution in [-0.4, -0.2) is 22.6 Å². The summed E-state index contributed by atoms with van der Waals surface area (Å²) in [7, 11) is 0. The minimum atomic E-state index is -0.0698. The Morgan fingerprint density at radius 1 is 1.17 bits per heavy atom. The second-order valence-electron chi connectivity index (χ2n) is 5.76. The van der Waals surface area contributed by atoms with Gasteiger partial charge >= 0.3 is 0 Å². The van der Waals surface area contributed by atoms with E-state index >= 15 is 0 Å². The van der Waals surface area contributed by atoms with E-state index in [1.165, 1.54) is 12.2 Å². The first kappa shape index (κ1) is 19.8. The monoisotopic (exact) mass is 332 g/mol. The number of rotatable bonds is 11. The van der Waals surface area contributed by atoms with Crippen LogP contribution in [0.3, 0.4) is 0 Å². The van der Waals surface area contributed by atoms with Gasteiger partial charge in [0.1, 0.15) is 5.76 Å². The molecule has 2 N–H and O–H groups in total. The van der Waals surface area contributed by atoms with E-state index in [9.17, 15) is 15.0 Å². The van der Waals surface area contributed by atoms with Crippen molar-refractivity contribution in [1.82, 2.24) is 0 Å². The Bertz CT molecular complexity index is 573. The van der Waals surface area contributed by atoms with Gasteiger partial charge in [-0.05, 0) is 36.6 Å². The summed E-state index contributed by atoms with van der Waals surface area (Å²) >= 11 is 0. The van der Waals surface area contributed by atoms with Crippen LogP contribution < -0.4 is 4.74 Å². The van der Waals surface area contributed by atoms with E-state index in [2.05, 4.69) is 6.92 Å². The number of carbonyl (C=O) groups excluding carboxylic acids is 1. The maximum absolute atomic E-state index is 11.7. The lowest BCUT2D eigenvalue weighted by Gasteiger charge is -2.07. The van der Waals surface area contributed by atoms with Gasteiger partial charge in [-0.2, -0.15) is 0 Å². The number of aliphatic hydroxyl groups excluding tert-OH is 1. The third-order valence-electron chi connectivity index (χ3n) is 3.48. The Kier molecular flexibility index (Phi) is 9.35. The molecule has 0 aliphatic rings. The van der Waals surface area contributed by atoms with Gasteiger partial charge in [-0.25, -0.2) is 0 Å². The number of allylic oxidation sites excluding steroid dienone is 2. The quantitative estimate of drug-likeness (QED) is 0.254. The first-order valence-electron chi connectivity index (χ1n) is 8.64. The first-order chi connectivity index (χ1) is 11.6. The predicted molar refractivity (Wildman–Crippen MR) is 97.4 cm³/mol. The lowest BCUT2D eigenvalue weighted by molar-refractivity contribution is -0.114. The van der Waals surface area contributed by atoms with E-state index in [1.54, 1.807) is 24.3 Å². The van der Waals surface area contributed by atoms with E-state index in [1.807, 2.05) is 6.92 Å². The summed E-state index contributed by atoms with van der Waals surface area (Å²) in [6, 6.07) is 4.95. The normalized spacial score (nSPS) is 11.8. The molecule has 0 aliphatic heterocycles. The van der Waals surface area contributed by atoms with Crippen LogP contribution >= 0.6 is 0 Å². The van der Waals surface area contributed by atoms with Crippen LogP contribution in [0, 0.1) is 0 Å². The van der Waals surface area contributed by atoms with E-state index in [4.69, 9.17) is 4.74 Å². The Morgan fingerprint density at radius 3 is 2.67 bits per heavy atom. The average molecular weight is 332 g/mol. The van der Waals surface area contributed by atoms with Crippen LogP contribution in [0.25, 0.3) is 6.08 Å². The molecule has 0 bridgehead atoms. The molecule has 1 rings (SSSR count). The number of phenolic OH excluding ortho intramolecular Hbond substituents is 1. The number of benzene rings is 1. The molecule has 24 heavy (non-hydrogen) atoms. The number of aliphatic hydroxyl groups is 1. The van der Waals surface area contributed by atoms with Gasteiger partial charge in [0.15, 0.2) is 17.3 Å². The number of ketones is 1. The highest BCUT2D eigenvalue weighted by Crippen LogP contribution is 2.27. The van der Waals surface area contributed by atoms with E-state index < -0.39 is 0 Å². The lowest BCUT2D eigenvalue weighted by Crippen LogP contribution is -1.95. The molecule has 132 valence electrons. The largest absolute Gasteiger partial charge is 0.508 e. The fourth-order valence-electron chi connectivity index (χ4n) is 2.15. The zero-order chi connectivity index (χ0) is 17.8. The maximum Gasteiger partial charge on any atom is 0.161 e. The highest BCUT2D eigenvalue weighted by atomic mass is 16.5. The third kappa shape index (κ3) is 7.86. The van der Waals surface area contributed by atoms with Gasteiger partial charge < -0.3 is 14.9 Å². The number of carbonyl (C=O) groups is 1. The summed E-state index contributed by atoms with van der Waals surface area (Å²) in [5, 5.41) is 19.5. The number of aromatic hydroxyl groups is 1. The van der Waals surface area contributed by atoms with E-state index in [0.717, 1.165) is 37.7 Å². The van der Waals surface area contributed by atoms with Crippen molar-refractivity contribution in [2.75, 3.05) is 6.61 Å². The van der Waals surface area contributed by atoms with Gasteiger partial charge in [-0.1, -0.05) is 45.3 Å². The molecule has 0 fully saturated rings. The SMILES string of the molecule is CCCCCCC(=O)C=C(O)C=Cc1ccc(O)c(OCCC)c1. The molecule has 0 saturated heterocycles. The van der Waals surface area contributed by atoms with Gasteiger partial charge in [0.2, 0.25) is 0 Å². The molecule has 0 heterocycles. The highest BCUT2D eigenvalue weighted by molar-refractivity contribution is 5.90. The Morgan fingerprint density at radius 2 is 1.96 bits per heavy atom. The fourth-order valence-corrected chi connectivity index (χ4v) is 2.15. The van der Waals surface area contributed by atoms with Gasteiger partial charge in [0.25, 0.3) is 0 Å². The molecule has 0 atom stereocenters. The summed E-state index contributed by atoms with van der Waals surface area (Å²) in [4.78, 5) is 11.7. The highest BCUT2D eigenvalue weighted by Gasteiger charge is 2.03. The molecular weight excluding hydrogens is 304 g/mol. The molecule has 1 aromatic rings. The van der Waals surface area contributed by atoms with E-state index in [0.29, 0.717) is 18.8 Å². The van der Waals surface area contributed by atoms with Gasteiger partial charge in [0.05, 0.1) is 6.61 Å². The zero-order valence-electron chi connectivity index (χ0n) is 14.6. The van der Waals surface area contributed by atoms with Crippen molar-refractivity contribution < 1.29 is 19.7 Å². The van der Waals surface area contributed by atoms with E-state index in [-0.39, 0.29) is 17.3 Å². The molecule has 0 aliphatic carbocycles. The Labute approximate surface area is 144 Å². The summed E-state index contributed by atoms with van der Waals surface area (Å²) in [6.07, 6.45) is 9.89. The maximum atomic E-state index is 11.7. The number of ether oxygens (including phenoxy) is 1. The van der Waals surface area contributed by atoms with Crippen molar-refractivity contribution in [3.8, 4) is 11.5 Å². The number of hydrogen-bond donors (Lipinski definition) is 2. The number of hydrogen-bond acceptors (Lipinski definition) is 4. The molecule has 0 amide bonds. The fraction of sp³-hybridized carbons (Fsp3) is 0.450. The number of phenols is 1. The minimum Gasteiger partial charge on any atom is -0.508 e. The van der Waals surface area contributed by atoms with Crippen LogP contribution in [0.4, 0.5) is 0 Å². The molecule has 0 aromatic heterocycles. The zero-order valence-corrected chi connectivity index (χ0v) is 14.6. The van der Waals surface area contributed by atoms with Crippen molar-refractivity contribution in [3.05, 3.63) is 41.7 Å². The summed E-state index contributed by atoms with van der Waals surface area (Å²) in [6.45, 7) is 4.64. The third-order valence-corrected chi connectivity index (χ3v) is 3.48. The van der Waals surface area contributed by atoms with Crippen molar-refractivity contribution in [1.29, 1.82) is 0 Å². The molecule has 1 aromatic carbocycles. The molecule has 0 radical (unpaired) electrons. The van der Waals surface area contributed by atoms with Crippen LogP contribution in [0.1, 0.15) is 57.9 Å². The molecular formula is C20H28O4. The topological polar surface area (TPSA) is 66.8 Å². The summed E-state index contributed by atoms with van der Waals surface area (Å²) in [5.41, 5.74) is 0.772. The van der Waals surface area contributed by atoms with Crippen molar-refractivity contribution >= 4 is 11.9 Å². The van der Waals surface area contributed by atoms with Crippen LogP contribution in [0.2, 0.25) is 0 Å². The van der Waals surface area contributed by atoms with Crippen LogP contribution in [-0.2, 0) is 4.79 Å². The summed E-state index contributed by atoms with van der Waals surface area (Å²) < 4.78 is 5.45. The molecule has 0 unspecified atom stereocenters. The second-order valence-corrected chi connectivity index (χ2v) is 5.76. The minimum absolute atomic E-state index is 0.0640. The average Bonchev–Trinajstić information content (AvgIpc) is 2.57. The van der Waals surface area contributed by atoms with Crippen molar-refractivity contribution in [2.45, 2.75) is 52.4 Å². The molecule has 4 nitrogen and oxygen atoms in total. The lowest BCUT2D eigenvalue weighted by atomic mass is 10.1. The Balaban J connectivity index is 2.60. The molecule has 4 heteroatoms. The van der Waals surface area contributed by atoms with Crippen molar-refractivity contribution in [3.63, 3.8) is 0 Å². The van der Waals surface area contributed by atoms with Gasteiger partial charge in [-0.15, -0.1) is 0 Å². The smallest absolute Gasteiger partial charge is 0.161 e. The van der Waals surface area contributed by atoms with Gasteiger partial charge in [-0.3, -0.25) is 4.79 Å². The molecule has 0 spiro atoms. The number of unbranched alkanes of at least 4 members (excludes halogenated alkanes) is 3. The second kappa shape index (κ2) is 11.3. The first-order valence-corrected chi connectivity index (χ1v) is 8.64. The van der Waals surface area contributed by atoms with Crippen LogP contribution in [0.15, 0.2) is 36.1 Å².